The van der Waals surface area contributed by atoms with E-state index in [0.29, 0.717) is 0 Å². The van der Waals surface area contributed by atoms with Gasteiger partial charge in [-0.05, 0) is 32.0 Å². The number of fused-ring (bicyclic) bond motifs is 1. The van der Waals surface area contributed by atoms with Gasteiger partial charge in [0.1, 0.15) is 77.4 Å². The Hall–Kier alpha value is -3.87. The van der Waals surface area contributed by atoms with E-state index in [2.05, 4.69) is 0 Å². The number of aliphatic hydroxyl groups is 9. The Morgan fingerprint density at radius 3 is 1.89 bits per heavy atom. The van der Waals surface area contributed by atoms with Gasteiger partial charge in [-0.1, -0.05) is 0 Å². The van der Waals surface area contributed by atoms with Crippen molar-refractivity contribution >= 4 is 11.0 Å². The number of hydrogen-bond acceptors (Lipinski definition) is 20. The van der Waals surface area contributed by atoms with Crippen LogP contribution in [0.2, 0.25) is 0 Å². The maximum atomic E-state index is 14.2. The molecule has 53 heavy (non-hydrogen) atoms. The van der Waals surface area contributed by atoms with Crippen LogP contribution in [0, 0.1) is 0 Å². The van der Waals surface area contributed by atoms with E-state index in [9.17, 15) is 66.1 Å². The van der Waals surface area contributed by atoms with Gasteiger partial charge >= 0.3 is 0 Å². The van der Waals surface area contributed by atoms with Gasteiger partial charge in [-0.3, -0.25) is 4.79 Å². The minimum absolute atomic E-state index is 0.110. The summed E-state index contributed by atoms with van der Waals surface area (Å²) in [4.78, 5) is 14.2. The fourth-order valence-corrected chi connectivity index (χ4v) is 6.23. The van der Waals surface area contributed by atoms with Crippen LogP contribution in [0.5, 0.6) is 28.7 Å². The van der Waals surface area contributed by atoms with Gasteiger partial charge in [0.25, 0.3) is 0 Å². The Bertz CT molecular complexity index is 1830. The summed E-state index contributed by atoms with van der Waals surface area (Å²) in [7, 11) is 0. The highest BCUT2D eigenvalue weighted by molar-refractivity contribution is 5.88. The molecule has 20 heteroatoms. The molecule has 15 atom stereocenters. The molecule has 3 aromatic rings. The molecule has 0 amide bonds. The summed E-state index contributed by atoms with van der Waals surface area (Å²) < 4.78 is 39.9. The summed E-state index contributed by atoms with van der Waals surface area (Å²) in [6.07, 6.45) is -24.6. The molecule has 3 aliphatic rings. The number of rotatable bonds is 8. The lowest BCUT2D eigenvalue weighted by atomic mass is 9.97. The Morgan fingerprint density at radius 1 is 0.642 bits per heavy atom. The fourth-order valence-electron chi connectivity index (χ4n) is 6.23. The highest BCUT2D eigenvalue weighted by Crippen LogP contribution is 2.40. The van der Waals surface area contributed by atoms with Gasteiger partial charge in [-0.25, -0.2) is 0 Å². The van der Waals surface area contributed by atoms with E-state index >= 15 is 0 Å². The SMILES string of the molecule is CC1O[C@@H](Oc2cc(O)c3c(=O)c(O[C@@H]4OC(CO)[C@@H](O)[C@@H](O)C4O[C@@H]4O[C@H](C)[C@H](O)C(O)C4O)c(-c4ccc(O)c(O)c4)oc3c2)C(O)C(O)[C@H]1O. The standard InChI is InChI=1S/C33H40O20/c1-9-19(38)23(42)26(45)31(47-9)49-12-6-15(37)18-16(7-12)50-28(11-3-4-13(35)14(36)5-11)29(22(18)41)52-33-30(25(44)21(40)17(8-34)51-33)53-32-27(46)24(43)20(39)10(2)48-32/h3-7,9-10,17,19-21,23-27,30-40,42-46H,8H2,1-2H3/t9?,10-,17?,19+,20+,21-,23?,24?,25-,26?,27?,30?,31+,32+,33+/m1/s1. The van der Waals surface area contributed by atoms with Gasteiger partial charge in [-0.2, -0.15) is 0 Å². The molecular weight excluding hydrogens is 716 g/mol. The number of hydrogen-bond donors (Lipinski definition) is 12. The molecule has 0 saturated carbocycles. The Balaban J connectivity index is 1.43. The van der Waals surface area contributed by atoms with Crippen LogP contribution in [-0.2, 0) is 18.9 Å². The molecule has 12 N–H and O–H groups in total. The summed E-state index contributed by atoms with van der Waals surface area (Å²) in [5.74, 6) is -3.49. The minimum atomic E-state index is -1.97. The van der Waals surface area contributed by atoms with Gasteiger partial charge in [0.2, 0.25) is 23.8 Å². The topological polar surface area (TPSA) is 328 Å². The molecule has 0 aliphatic carbocycles. The molecule has 6 rings (SSSR count). The molecule has 0 spiro atoms. The van der Waals surface area contributed by atoms with Crippen molar-refractivity contribution < 1.29 is 94.1 Å². The van der Waals surface area contributed by atoms with Crippen molar-refractivity contribution in [2.45, 2.75) is 106 Å². The average Bonchev–Trinajstić information content (AvgIpc) is 3.12. The number of phenolic OH excluding ortho intramolecular Hbond substituents is 3. The largest absolute Gasteiger partial charge is 0.507 e. The highest BCUT2D eigenvalue weighted by atomic mass is 16.8. The third-order valence-corrected chi connectivity index (χ3v) is 9.36. The molecule has 3 fully saturated rings. The van der Waals surface area contributed by atoms with Crippen molar-refractivity contribution in [2.24, 2.45) is 0 Å². The zero-order valence-electron chi connectivity index (χ0n) is 27.9. The lowest BCUT2D eigenvalue weighted by molar-refractivity contribution is -0.354. The summed E-state index contributed by atoms with van der Waals surface area (Å²) in [6.45, 7) is 1.90. The Kier molecular flexibility index (Phi) is 11.1. The molecular formula is C33H40O20. The van der Waals surface area contributed by atoms with Gasteiger partial charge in [0, 0.05) is 17.7 Å². The van der Waals surface area contributed by atoms with Gasteiger partial charge < -0.3 is 94.1 Å². The maximum absolute atomic E-state index is 14.2. The fraction of sp³-hybridized carbons (Fsp3) is 0.545. The molecule has 292 valence electrons. The highest BCUT2D eigenvalue weighted by Gasteiger charge is 2.51. The summed E-state index contributed by atoms with van der Waals surface area (Å²) in [5.41, 5.74) is -1.59. The van der Waals surface area contributed by atoms with Crippen molar-refractivity contribution in [1.82, 2.24) is 0 Å². The van der Waals surface area contributed by atoms with E-state index in [4.69, 9.17) is 32.8 Å². The third kappa shape index (κ3) is 7.22. The van der Waals surface area contributed by atoms with Crippen molar-refractivity contribution in [3.8, 4) is 40.1 Å². The second kappa shape index (κ2) is 15.1. The molecule has 4 heterocycles. The predicted octanol–water partition coefficient (Wildman–Crippen LogP) is -3.19. The zero-order valence-corrected chi connectivity index (χ0v) is 27.9. The van der Waals surface area contributed by atoms with E-state index in [0.717, 1.165) is 24.3 Å². The van der Waals surface area contributed by atoms with Crippen LogP contribution in [0.4, 0.5) is 0 Å². The Morgan fingerprint density at radius 2 is 1.26 bits per heavy atom. The Labute approximate surface area is 298 Å². The third-order valence-electron chi connectivity index (χ3n) is 9.36. The quantitative estimate of drug-likeness (QED) is 0.101. The van der Waals surface area contributed by atoms with E-state index in [-0.39, 0.29) is 16.9 Å². The van der Waals surface area contributed by atoms with Crippen molar-refractivity contribution in [3.05, 3.63) is 40.6 Å². The van der Waals surface area contributed by atoms with Gasteiger partial charge in [0.05, 0.1) is 18.8 Å². The number of aromatic hydroxyl groups is 3. The van der Waals surface area contributed by atoms with Crippen LogP contribution in [0.15, 0.2) is 39.5 Å². The molecule has 0 radical (unpaired) electrons. The smallest absolute Gasteiger partial charge is 0.239 e. The second-order valence-electron chi connectivity index (χ2n) is 13.0. The number of phenols is 3. The number of aliphatic hydroxyl groups excluding tert-OH is 9. The molecule has 1 aromatic heterocycles. The van der Waals surface area contributed by atoms with E-state index in [1.165, 1.54) is 19.9 Å². The first-order valence-electron chi connectivity index (χ1n) is 16.4. The van der Waals surface area contributed by atoms with E-state index in [1.54, 1.807) is 0 Å². The molecule has 2 aromatic carbocycles. The second-order valence-corrected chi connectivity index (χ2v) is 13.0. The first kappa shape index (κ1) is 38.8. The van der Waals surface area contributed by atoms with Crippen LogP contribution >= 0.6 is 0 Å². The average molecular weight is 757 g/mol. The maximum Gasteiger partial charge on any atom is 0.239 e. The summed E-state index contributed by atoms with van der Waals surface area (Å²) >= 11 is 0. The molecule has 20 nitrogen and oxygen atoms in total. The molecule has 3 aliphatic heterocycles. The van der Waals surface area contributed by atoms with Crippen molar-refractivity contribution in [2.75, 3.05) is 6.61 Å². The van der Waals surface area contributed by atoms with E-state index in [1.807, 2.05) is 0 Å². The lowest BCUT2D eigenvalue weighted by Crippen LogP contribution is -2.64. The van der Waals surface area contributed by atoms with Crippen LogP contribution in [0.1, 0.15) is 13.8 Å². The minimum Gasteiger partial charge on any atom is -0.507 e. The van der Waals surface area contributed by atoms with Crippen molar-refractivity contribution in [1.29, 1.82) is 0 Å². The number of ether oxygens (including phenoxy) is 6. The van der Waals surface area contributed by atoms with Gasteiger partial charge in [-0.15, -0.1) is 0 Å². The predicted molar refractivity (Wildman–Crippen MR) is 172 cm³/mol. The van der Waals surface area contributed by atoms with Gasteiger partial charge in [0.15, 0.2) is 29.7 Å². The van der Waals surface area contributed by atoms with Crippen LogP contribution in [-0.4, -0.2) is 160 Å². The van der Waals surface area contributed by atoms with Crippen molar-refractivity contribution in [3.63, 3.8) is 0 Å². The van der Waals surface area contributed by atoms with E-state index < -0.39 is 138 Å². The first-order chi connectivity index (χ1) is 25.0. The molecule has 7 unspecified atom stereocenters. The summed E-state index contributed by atoms with van der Waals surface area (Å²) in [6, 6.07) is 5.29. The zero-order chi connectivity index (χ0) is 38.6. The monoisotopic (exact) mass is 756 g/mol. The lowest BCUT2D eigenvalue weighted by Gasteiger charge is -2.45. The van der Waals surface area contributed by atoms with Crippen LogP contribution < -0.4 is 14.9 Å². The molecule has 0 bridgehead atoms. The molecule has 3 saturated heterocycles. The first-order valence-corrected chi connectivity index (χ1v) is 16.4. The van der Waals surface area contributed by atoms with Crippen LogP contribution in [0.3, 0.4) is 0 Å². The van der Waals surface area contributed by atoms with Crippen LogP contribution in [0.25, 0.3) is 22.3 Å². The summed E-state index contributed by atoms with van der Waals surface area (Å²) in [5, 5.41) is 124. The normalized spacial score (nSPS) is 37.8. The number of benzene rings is 2.